The lowest BCUT2D eigenvalue weighted by molar-refractivity contribution is -0.137. The van der Waals surface area contributed by atoms with Crippen LogP contribution in [0.2, 0.25) is 0 Å². The van der Waals surface area contributed by atoms with Gasteiger partial charge >= 0.3 is 6.18 Å². The molecule has 1 saturated heterocycles. The average Bonchev–Trinajstić information content (AvgIpc) is 2.63. The first-order valence-electron chi connectivity index (χ1n) is 8.92. The monoisotopic (exact) mass is 430 g/mol. The summed E-state index contributed by atoms with van der Waals surface area (Å²) in [7, 11) is 0. The highest BCUT2D eigenvalue weighted by Crippen LogP contribution is 2.30. The van der Waals surface area contributed by atoms with Gasteiger partial charge in [-0.2, -0.15) is 18.3 Å². The number of carbonyl (C=O) groups is 1. The molecule has 29 heavy (non-hydrogen) atoms. The molecule has 2 aromatic rings. The van der Waals surface area contributed by atoms with E-state index in [2.05, 4.69) is 10.4 Å². The number of hydrogen-bond acceptors (Lipinski definition) is 4. The summed E-state index contributed by atoms with van der Waals surface area (Å²) in [5.74, 6) is -0.522. The Morgan fingerprint density at radius 1 is 1.24 bits per heavy atom. The van der Waals surface area contributed by atoms with Gasteiger partial charge in [0.25, 0.3) is 5.91 Å². The number of amides is 1. The molecule has 1 aromatic heterocycles. The Kier molecular flexibility index (Phi) is 6.74. The van der Waals surface area contributed by atoms with Gasteiger partial charge in [0.15, 0.2) is 5.69 Å². The molecule has 0 aliphatic carbocycles. The quantitative estimate of drug-likeness (QED) is 0.795. The molecule has 3 rings (SSSR count). The Balaban J connectivity index is 0.00000300. The Morgan fingerprint density at radius 2 is 1.93 bits per heavy atom. The van der Waals surface area contributed by atoms with Gasteiger partial charge in [-0.25, -0.2) is 4.68 Å². The summed E-state index contributed by atoms with van der Waals surface area (Å²) < 4.78 is 40.3. The number of hydrogen-bond donors (Lipinski definition) is 1. The van der Waals surface area contributed by atoms with Gasteiger partial charge in [-0.1, -0.05) is 6.07 Å². The molecule has 2 atom stereocenters. The predicted octanol–water partition coefficient (Wildman–Crippen LogP) is 2.80. The minimum absolute atomic E-state index is 0. The number of benzene rings is 1. The molecule has 0 saturated carbocycles. The van der Waals surface area contributed by atoms with Crippen LogP contribution in [-0.4, -0.2) is 45.8 Å². The average molecular weight is 431 g/mol. The molecule has 1 aliphatic rings. The number of carbonyl (C=O) groups excluding carboxylic acids is 1. The number of alkyl halides is 3. The van der Waals surface area contributed by atoms with Crippen LogP contribution >= 0.6 is 12.4 Å². The highest BCUT2D eigenvalue weighted by molar-refractivity contribution is 5.92. The summed E-state index contributed by atoms with van der Waals surface area (Å²) in [6, 6.07) is 5.73. The third-order valence-electron chi connectivity index (χ3n) is 5.02. The van der Waals surface area contributed by atoms with E-state index in [0.29, 0.717) is 18.8 Å². The SMILES string of the molecule is Cc1cc(=O)c(C(=O)N2CCNC(C)C2C)nn1-c1cccc(C(F)(F)F)c1.Cl. The normalized spacial score (nSPS) is 19.6. The fraction of sp³-hybridized carbons (Fsp3) is 0.421. The number of nitrogens with zero attached hydrogens (tertiary/aromatic N) is 3. The standard InChI is InChI=1S/C19H21F3N4O2.ClH/c1-11-9-16(27)17(18(28)25-8-7-23-12(2)13(25)3)24-26(11)15-6-4-5-14(10-15)19(20,21)22;/h4-6,9-10,12-13,23H,7-8H2,1-3H3;1H. The van der Waals surface area contributed by atoms with E-state index >= 15 is 0 Å². The number of aryl methyl sites for hydroxylation is 1. The van der Waals surface area contributed by atoms with E-state index in [9.17, 15) is 22.8 Å². The number of aromatic nitrogens is 2. The van der Waals surface area contributed by atoms with Crippen molar-refractivity contribution in [3.63, 3.8) is 0 Å². The lowest BCUT2D eigenvalue weighted by Gasteiger charge is -2.38. The first-order chi connectivity index (χ1) is 13.1. The first kappa shape index (κ1) is 22.9. The molecular weight excluding hydrogens is 409 g/mol. The Bertz CT molecular complexity index is 961. The summed E-state index contributed by atoms with van der Waals surface area (Å²) >= 11 is 0. The van der Waals surface area contributed by atoms with Gasteiger partial charge in [0, 0.05) is 36.9 Å². The molecule has 1 fully saturated rings. The van der Waals surface area contributed by atoms with Crippen LogP contribution in [0.3, 0.4) is 0 Å². The van der Waals surface area contributed by atoms with Crippen molar-refractivity contribution in [3.05, 3.63) is 57.5 Å². The Morgan fingerprint density at radius 3 is 2.59 bits per heavy atom. The summed E-state index contributed by atoms with van der Waals surface area (Å²) in [4.78, 5) is 26.9. The van der Waals surface area contributed by atoms with Crippen LogP contribution in [0, 0.1) is 6.92 Å². The molecule has 1 aliphatic heterocycles. The van der Waals surface area contributed by atoms with E-state index in [0.717, 1.165) is 12.1 Å². The van der Waals surface area contributed by atoms with Gasteiger partial charge in [0.1, 0.15) is 0 Å². The predicted molar refractivity (Wildman–Crippen MR) is 105 cm³/mol. The molecular formula is C19H22ClF3N4O2. The number of nitrogens with one attached hydrogen (secondary N) is 1. The smallest absolute Gasteiger partial charge is 0.332 e. The van der Waals surface area contributed by atoms with Gasteiger partial charge in [-0.05, 0) is 39.0 Å². The van der Waals surface area contributed by atoms with Crippen molar-refractivity contribution >= 4 is 18.3 Å². The minimum atomic E-state index is -4.51. The molecule has 6 nitrogen and oxygen atoms in total. The van der Waals surface area contributed by atoms with E-state index < -0.39 is 23.1 Å². The minimum Gasteiger partial charge on any atom is -0.332 e. The highest BCUT2D eigenvalue weighted by atomic mass is 35.5. The molecule has 0 spiro atoms. The molecule has 2 heterocycles. The van der Waals surface area contributed by atoms with Crippen LogP contribution in [0.4, 0.5) is 13.2 Å². The second-order valence-corrected chi connectivity index (χ2v) is 6.94. The number of piperazine rings is 1. The molecule has 1 N–H and O–H groups in total. The van der Waals surface area contributed by atoms with Crippen LogP contribution in [0.1, 0.15) is 35.6 Å². The van der Waals surface area contributed by atoms with E-state index in [4.69, 9.17) is 0 Å². The van der Waals surface area contributed by atoms with Gasteiger partial charge in [0.2, 0.25) is 5.43 Å². The maximum Gasteiger partial charge on any atom is 0.416 e. The fourth-order valence-electron chi connectivity index (χ4n) is 3.25. The molecule has 0 radical (unpaired) electrons. The molecule has 1 amide bonds. The second-order valence-electron chi connectivity index (χ2n) is 6.94. The third kappa shape index (κ3) is 4.62. The highest BCUT2D eigenvalue weighted by Gasteiger charge is 2.32. The zero-order valence-corrected chi connectivity index (χ0v) is 17.0. The van der Waals surface area contributed by atoms with E-state index in [1.54, 1.807) is 11.8 Å². The fourth-order valence-corrected chi connectivity index (χ4v) is 3.25. The topological polar surface area (TPSA) is 67.2 Å². The van der Waals surface area contributed by atoms with Crippen LogP contribution in [0.25, 0.3) is 5.69 Å². The van der Waals surface area contributed by atoms with E-state index in [1.807, 2.05) is 13.8 Å². The summed E-state index contributed by atoms with van der Waals surface area (Å²) in [5.41, 5.74) is -1.22. The first-order valence-corrected chi connectivity index (χ1v) is 8.92. The molecule has 158 valence electrons. The van der Waals surface area contributed by atoms with Crippen molar-refractivity contribution in [1.82, 2.24) is 20.0 Å². The number of rotatable bonds is 2. The van der Waals surface area contributed by atoms with Gasteiger partial charge in [0.05, 0.1) is 11.3 Å². The summed E-state index contributed by atoms with van der Waals surface area (Å²) in [6.07, 6.45) is -4.51. The lowest BCUT2D eigenvalue weighted by Crippen LogP contribution is -2.57. The van der Waals surface area contributed by atoms with Crippen molar-refractivity contribution in [3.8, 4) is 5.69 Å². The summed E-state index contributed by atoms with van der Waals surface area (Å²) in [6.45, 7) is 6.37. The Labute approximate surface area is 172 Å². The van der Waals surface area contributed by atoms with E-state index in [-0.39, 0.29) is 35.9 Å². The van der Waals surface area contributed by atoms with Gasteiger partial charge in [-0.15, -0.1) is 12.4 Å². The maximum atomic E-state index is 13.0. The van der Waals surface area contributed by atoms with Crippen molar-refractivity contribution in [2.24, 2.45) is 0 Å². The van der Waals surface area contributed by atoms with Crippen molar-refractivity contribution in [2.75, 3.05) is 13.1 Å². The van der Waals surface area contributed by atoms with Gasteiger partial charge < -0.3 is 10.2 Å². The second kappa shape index (κ2) is 8.54. The van der Waals surface area contributed by atoms with Crippen molar-refractivity contribution in [2.45, 2.75) is 39.0 Å². The lowest BCUT2D eigenvalue weighted by atomic mass is 10.1. The third-order valence-corrected chi connectivity index (χ3v) is 5.02. The van der Waals surface area contributed by atoms with E-state index in [1.165, 1.54) is 22.9 Å². The van der Waals surface area contributed by atoms with Crippen LogP contribution in [0.5, 0.6) is 0 Å². The van der Waals surface area contributed by atoms with Crippen molar-refractivity contribution < 1.29 is 18.0 Å². The molecule has 2 unspecified atom stereocenters. The molecule has 0 bridgehead atoms. The molecule has 10 heteroatoms. The van der Waals surface area contributed by atoms with Crippen LogP contribution < -0.4 is 10.7 Å². The zero-order valence-electron chi connectivity index (χ0n) is 16.2. The zero-order chi connectivity index (χ0) is 20.6. The van der Waals surface area contributed by atoms with Crippen molar-refractivity contribution in [1.29, 1.82) is 0 Å². The van der Waals surface area contributed by atoms with Crippen LogP contribution in [-0.2, 0) is 6.18 Å². The number of halogens is 4. The molecule has 1 aromatic carbocycles. The summed E-state index contributed by atoms with van der Waals surface area (Å²) in [5, 5.41) is 7.37. The maximum absolute atomic E-state index is 13.0. The van der Waals surface area contributed by atoms with Gasteiger partial charge in [-0.3, -0.25) is 9.59 Å². The Hall–Kier alpha value is -2.39. The largest absolute Gasteiger partial charge is 0.416 e. The van der Waals surface area contributed by atoms with Crippen LogP contribution in [0.15, 0.2) is 35.1 Å².